The zero-order valence-corrected chi connectivity index (χ0v) is 14.7. The van der Waals surface area contributed by atoms with Gasteiger partial charge in [-0.2, -0.15) is 11.8 Å². The van der Waals surface area contributed by atoms with Crippen molar-refractivity contribution in [3.05, 3.63) is 28.8 Å². The second-order valence-corrected chi connectivity index (χ2v) is 7.38. The van der Waals surface area contributed by atoms with E-state index in [4.69, 9.17) is 4.74 Å². The van der Waals surface area contributed by atoms with Gasteiger partial charge >= 0.3 is 0 Å². The first-order valence-corrected chi connectivity index (χ1v) is 9.22. The van der Waals surface area contributed by atoms with Crippen LogP contribution in [0.2, 0.25) is 0 Å². The van der Waals surface area contributed by atoms with E-state index in [2.05, 4.69) is 50.0 Å². The molecule has 2 unspecified atom stereocenters. The average molecular weight is 308 g/mol. The molecule has 1 saturated heterocycles. The Bertz CT molecular complexity index is 455. The quantitative estimate of drug-likeness (QED) is 0.827. The lowest BCUT2D eigenvalue weighted by atomic mass is 9.93. The van der Waals surface area contributed by atoms with Crippen LogP contribution in [0.4, 0.5) is 0 Å². The summed E-state index contributed by atoms with van der Waals surface area (Å²) in [4.78, 5) is 0. The van der Waals surface area contributed by atoms with Gasteiger partial charge in [0.15, 0.2) is 0 Å². The molecule has 3 heteroatoms. The highest BCUT2D eigenvalue weighted by molar-refractivity contribution is 8.00. The largest absolute Gasteiger partial charge is 0.496 e. The van der Waals surface area contributed by atoms with Crippen LogP contribution in [-0.4, -0.2) is 24.7 Å². The van der Waals surface area contributed by atoms with Gasteiger partial charge in [0.1, 0.15) is 5.75 Å². The molecule has 0 saturated carbocycles. The van der Waals surface area contributed by atoms with E-state index in [1.54, 1.807) is 7.11 Å². The molecule has 0 bridgehead atoms. The molecular weight excluding hydrogens is 278 g/mol. The summed E-state index contributed by atoms with van der Waals surface area (Å²) >= 11 is 2.13. The van der Waals surface area contributed by atoms with Crippen molar-refractivity contribution in [3.8, 4) is 5.75 Å². The van der Waals surface area contributed by atoms with E-state index >= 15 is 0 Å². The Hall–Kier alpha value is -0.670. The molecule has 0 radical (unpaired) electrons. The number of methoxy groups -OCH3 is 1. The summed E-state index contributed by atoms with van der Waals surface area (Å²) in [6.45, 7) is 7.66. The highest BCUT2D eigenvalue weighted by Crippen LogP contribution is 2.40. The molecule has 118 valence electrons. The Morgan fingerprint density at radius 1 is 1.33 bits per heavy atom. The Labute approximate surface area is 134 Å². The first-order valence-electron chi connectivity index (χ1n) is 8.17. The molecular formula is C18H29NOS. The van der Waals surface area contributed by atoms with Crippen molar-refractivity contribution in [1.29, 1.82) is 0 Å². The highest BCUT2D eigenvalue weighted by atomic mass is 32.2. The lowest BCUT2D eigenvalue weighted by molar-refractivity contribution is 0.392. The van der Waals surface area contributed by atoms with Gasteiger partial charge in [0, 0.05) is 16.9 Å². The third-order valence-corrected chi connectivity index (χ3v) is 5.69. The summed E-state index contributed by atoms with van der Waals surface area (Å²) in [5.74, 6) is 2.34. The molecule has 0 spiro atoms. The third-order valence-electron chi connectivity index (χ3n) is 4.23. The predicted molar refractivity (Wildman–Crippen MR) is 93.6 cm³/mol. The highest BCUT2D eigenvalue weighted by Gasteiger charge is 2.28. The number of hydrogen-bond acceptors (Lipinski definition) is 3. The van der Waals surface area contributed by atoms with E-state index in [0.29, 0.717) is 11.3 Å². The topological polar surface area (TPSA) is 21.3 Å². The van der Waals surface area contributed by atoms with Crippen LogP contribution in [0.15, 0.2) is 12.1 Å². The van der Waals surface area contributed by atoms with Gasteiger partial charge in [-0.15, -0.1) is 0 Å². The van der Waals surface area contributed by atoms with Crippen molar-refractivity contribution in [2.45, 2.75) is 57.7 Å². The van der Waals surface area contributed by atoms with Gasteiger partial charge in [0.05, 0.1) is 7.11 Å². The number of hydrogen-bond donors (Lipinski definition) is 1. The monoisotopic (exact) mass is 307 g/mol. The lowest BCUT2D eigenvalue weighted by Crippen LogP contribution is -2.33. The Morgan fingerprint density at radius 2 is 2.14 bits per heavy atom. The molecule has 0 amide bonds. The molecule has 2 rings (SSSR count). The van der Waals surface area contributed by atoms with Crippen molar-refractivity contribution < 1.29 is 4.74 Å². The number of rotatable bonds is 6. The normalized spacial score (nSPS) is 20.3. The van der Waals surface area contributed by atoms with Crippen LogP contribution >= 0.6 is 11.8 Å². The molecule has 1 aromatic rings. The van der Waals surface area contributed by atoms with Crippen molar-refractivity contribution in [1.82, 2.24) is 5.32 Å². The lowest BCUT2D eigenvalue weighted by Gasteiger charge is -2.33. The molecule has 21 heavy (non-hydrogen) atoms. The van der Waals surface area contributed by atoms with E-state index in [1.807, 2.05) is 0 Å². The van der Waals surface area contributed by atoms with Crippen LogP contribution in [0.1, 0.15) is 55.3 Å². The van der Waals surface area contributed by atoms with Gasteiger partial charge in [-0.25, -0.2) is 0 Å². The maximum atomic E-state index is 5.71. The van der Waals surface area contributed by atoms with Crippen molar-refractivity contribution >= 4 is 11.8 Å². The van der Waals surface area contributed by atoms with Gasteiger partial charge in [-0.1, -0.05) is 19.4 Å². The minimum Gasteiger partial charge on any atom is -0.496 e. The zero-order valence-electron chi connectivity index (χ0n) is 13.9. The van der Waals surface area contributed by atoms with Crippen LogP contribution in [0.5, 0.6) is 5.75 Å². The standard InChI is InChI=1S/C18H29NOS/c1-5-9-19-18(16-8-6-7-10-21-16)17-14(3)11-13(2)12-15(17)20-4/h11-12,16,18-19H,5-10H2,1-4H3. The van der Waals surface area contributed by atoms with Crippen LogP contribution in [0.25, 0.3) is 0 Å². The van der Waals surface area contributed by atoms with Crippen LogP contribution in [-0.2, 0) is 0 Å². The van der Waals surface area contributed by atoms with Gasteiger partial charge in [-0.3, -0.25) is 0 Å². The minimum atomic E-state index is 0.408. The van der Waals surface area contributed by atoms with Gasteiger partial charge in [0.2, 0.25) is 0 Å². The summed E-state index contributed by atoms with van der Waals surface area (Å²) < 4.78 is 5.71. The molecule has 2 atom stereocenters. The number of benzene rings is 1. The van der Waals surface area contributed by atoms with Crippen LogP contribution in [0.3, 0.4) is 0 Å². The molecule has 1 aliphatic rings. The number of nitrogens with one attached hydrogen (secondary N) is 1. The molecule has 1 fully saturated rings. The second-order valence-electron chi connectivity index (χ2n) is 6.03. The van der Waals surface area contributed by atoms with Crippen molar-refractivity contribution in [3.63, 3.8) is 0 Å². The maximum absolute atomic E-state index is 5.71. The maximum Gasteiger partial charge on any atom is 0.124 e. The predicted octanol–water partition coefficient (Wildman–Crippen LogP) is 4.64. The second kappa shape index (κ2) is 8.09. The Kier molecular flexibility index (Phi) is 6.43. The van der Waals surface area contributed by atoms with Crippen LogP contribution < -0.4 is 10.1 Å². The minimum absolute atomic E-state index is 0.408. The zero-order chi connectivity index (χ0) is 15.2. The molecule has 0 aliphatic carbocycles. The fraction of sp³-hybridized carbons (Fsp3) is 0.667. The van der Waals surface area contributed by atoms with E-state index in [9.17, 15) is 0 Å². The molecule has 1 aliphatic heterocycles. The Balaban J connectivity index is 2.34. The van der Waals surface area contributed by atoms with Gasteiger partial charge < -0.3 is 10.1 Å². The van der Waals surface area contributed by atoms with Gasteiger partial charge in [-0.05, 0) is 62.6 Å². The molecule has 2 nitrogen and oxygen atoms in total. The first kappa shape index (κ1) is 16.7. The SMILES string of the molecule is CCCNC(c1c(C)cc(C)cc1OC)C1CCCCS1. The summed E-state index contributed by atoms with van der Waals surface area (Å²) in [5, 5.41) is 4.46. The van der Waals surface area contributed by atoms with Crippen LogP contribution in [0, 0.1) is 13.8 Å². The van der Waals surface area contributed by atoms with E-state index < -0.39 is 0 Å². The average Bonchev–Trinajstić information content (AvgIpc) is 2.49. The smallest absolute Gasteiger partial charge is 0.124 e. The fourth-order valence-electron chi connectivity index (χ4n) is 3.25. The third kappa shape index (κ3) is 4.17. The van der Waals surface area contributed by atoms with E-state index in [1.165, 1.54) is 48.1 Å². The Morgan fingerprint density at radius 3 is 2.76 bits per heavy atom. The summed E-state index contributed by atoms with van der Waals surface area (Å²) in [5.41, 5.74) is 4.00. The fourth-order valence-corrected chi connectivity index (χ4v) is 4.69. The summed E-state index contributed by atoms with van der Waals surface area (Å²) in [6.07, 6.45) is 5.20. The van der Waals surface area contributed by atoms with Crippen molar-refractivity contribution in [2.24, 2.45) is 0 Å². The van der Waals surface area contributed by atoms with E-state index in [-0.39, 0.29) is 0 Å². The van der Waals surface area contributed by atoms with Crippen molar-refractivity contribution in [2.75, 3.05) is 19.4 Å². The number of ether oxygens (including phenoxy) is 1. The first-order chi connectivity index (χ1) is 10.2. The molecule has 0 aromatic heterocycles. The summed E-state index contributed by atoms with van der Waals surface area (Å²) in [6, 6.07) is 4.87. The molecule has 1 aromatic carbocycles. The molecule has 1 heterocycles. The summed E-state index contributed by atoms with van der Waals surface area (Å²) in [7, 11) is 1.79. The number of thioether (sulfide) groups is 1. The molecule has 1 N–H and O–H groups in total. The number of aryl methyl sites for hydroxylation is 2. The van der Waals surface area contributed by atoms with E-state index in [0.717, 1.165) is 12.3 Å². The van der Waals surface area contributed by atoms with Gasteiger partial charge in [0.25, 0.3) is 0 Å².